The second kappa shape index (κ2) is 4.18. The molecule has 2 aliphatic rings. The lowest BCUT2D eigenvalue weighted by Gasteiger charge is -2.54. The van der Waals surface area contributed by atoms with Gasteiger partial charge in [-0.3, -0.25) is 0 Å². The molecule has 0 N–H and O–H groups in total. The van der Waals surface area contributed by atoms with Crippen LogP contribution in [0.1, 0.15) is 52.9 Å². The Morgan fingerprint density at radius 1 is 1.38 bits per heavy atom. The molecule has 92 valence electrons. The molecule has 2 rings (SSSR count). The van der Waals surface area contributed by atoms with Crippen molar-refractivity contribution in [1.29, 1.82) is 0 Å². The first-order valence-electron chi connectivity index (χ1n) is 6.65. The summed E-state index contributed by atoms with van der Waals surface area (Å²) >= 11 is 0. The van der Waals surface area contributed by atoms with Gasteiger partial charge >= 0.3 is 0 Å². The molecule has 0 heterocycles. The molecule has 0 saturated heterocycles. The maximum absolute atomic E-state index is 5.48. The fourth-order valence-electron chi connectivity index (χ4n) is 4.40. The molecule has 0 aromatic rings. The van der Waals surface area contributed by atoms with Gasteiger partial charge in [-0.1, -0.05) is 31.9 Å². The van der Waals surface area contributed by atoms with Crippen LogP contribution in [0.15, 0.2) is 11.6 Å². The first-order valence-corrected chi connectivity index (χ1v) is 6.65. The molecule has 1 unspecified atom stereocenters. The molecule has 1 heteroatoms. The number of methoxy groups -OCH3 is 1. The van der Waals surface area contributed by atoms with Crippen LogP contribution >= 0.6 is 0 Å². The topological polar surface area (TPSA) is 9.23 Å². The second-order valence-electron chi connectivity index (χ2n) is 6.61. The van der Waals surface area contributed by atoms with Gasteiger partial charge in [-0.25, -0.2) is 0 Å². The zero-order valence-electron chi connectivity index (χ0n) is 11.3. The lowest BCUT2D eigenvalue weighted by molar-refractivity contribution is -0.0586. The van der Waals surface area contributed by atoms with E-state index in [9.17, 15) is 0 Å². The molecule has 1 saturated carbocycles. The molecule has 3 atom stereocenters. The predicted octanol–water partition coefficient (Wildman–Crippen LogP) is 4.19. The summed E-state index contributed by atoms with van der Waals surface area (Å²) in [6, 6.07) is 0. The van der Waals surface area contributed by atoms with Crippen molar-refractivity contribution in [2.75, 3.05) is 13.7 Å². The minimum Gasteiger partial charge on any atom is -0.384 e. The monoisotopic (exact) mass is 222 g/mol. The average Bonchev–Trinajstić information content (AvgIpc) is 2.16. The van der Waals surface area contributed by atoms with E-state index in [1.165, 1.54) is 32.1 Å². The van der Waals surface area contributed by atoms with Crippen molar-refractivity contribution in [2.24, 2.45) is 16.7 Å². The van der Waals surface area contributed by atoms with Crippen LogP contribution in [0.4, 0.5) is 0 Å². The van der Waals surface area contributed by atoms with E-state index in [-0.39, 0.29) is 0 Å². The number of fused-ring (bicyclic) bond motifs is 1. The summed E-state index contributed by atoms with van der Waals surface area (Å²) in [7, 11) is 1.85. The van der Waals surface area contributed by atoms with Crippen LogP contribution in [0.25, 0.3) is 0 Å². The summed E-state index contributed by atoms with van der Waals surface area (Å²) in [4.78, 5) is 0. The van der Waals surface area contributed by atoms with Gasteiger partial charge in [0.25, 0.3) is 0 Å². The summed E-state index contributed by atoms with van der Waals surface area (Å²) in [5.74, 6) is 0.817. The van der Waals surface area contributed by atoms with Gasteiger partial charge in [-0.05, 0) is 49.4 Å². The van der Waals surface area contributed by atoms with Crippen molar-refractivity contribution in [1.82, 2.24) is 0 Å². The number of hydrogen-bond acceptors (Lipinski definition) is 1. The maximum atomic E-state index is 5.48. The summed E-state index contributed by atoms with van der Waals surface area (Å²) < 4.78 is 5.48. The largest absolute Gasteiger partial charge is 0.384 e. The van der Waals surface area contributed by atoms with Crippen LogP contribution < -0.4 is 0 Å². The SMILES string of the molecule is COC[C@@]1(C)CCC[C@]2(C)CC(C)=CCC12. The fraction of sp³-hybridized carbons (Fsp3) is 0.867. The molecule has 0 bridgehead atoms. The first kappa shape index (κ1) is 12.2. The third-order valence-electron chi connectivity index (χ3n) is 5.04. The van der Waals surface area contributed by atoms with Gasteiger partial charge in [0.2, 0.25) is 0 Å². The Bertz CT molecular complexity index is 290. The Balaban J connectivity index is 2.26. The third kappa shape index (κ3) is 1.95. The van der Waals surface area contributed by atoms with Gasteiger partial charge in [0.1, 0.15) is 0 Å². The Kier molecular flexibility index (Phi) is 3.18. The number of rotatable bonds is 2. The van der Waals surface area contributed by atoms with Crippen molar-refractivity contribution < 1.29 is 4.74 Å². The molecular weight excluding hydrogens is 196 g/mol. The Morgan fingerprint density at radius 3 is 2.81 bits per heavy atom. The minimum absolute atomic E-state index is 0.402. The Morgan fingerprint density at radius 2 is 2.12 bits per heavy atom. The Hall–Kier alpha value is -0.300. The van der Waals surface area contributed by atoms with Crippen molar-refractivity contribution in [3.63, 3.8) is 0 Å². The highest BCUT2D eigenvalue weighted by molar-refractivity contribution is 5.13. The Labute approximate surface area is 100 Å². The highest BCUT2D eigenvalue weighted by Gasteiger charge is 2.49. The molecule has 0 aromatic carbocycles. The summed E-state index contributed by atoms with van der Waals surface area (Å²) in [6.07, 6.45) is 9.15. The molecule has 0 aliphatic heterocycles. The van der Waals surface area contributed by atoms with Gasteiger partial charge in [0.05, 0.1) is 6.61 Å². The van der Waals surface area contributed by atoms with Crippen molar-refractivity contribution in [2.45, 2.75) is 52.9 Å². The van der Waals surface area contributed by atoms with E-state index in [1.54, 1.807) is 5.57 Å². The molecule has 0 aromatic heterocycles. The molecule has 2 aliphatic carbocycles. The average molecular weight is 222 g/mol. The standard InChI is InChI=1S/C15H26O/c1-12-6-7-13-14(2,10-12)8-5-9-15(13,3)11-16-4/h6,13H,5,7-11H2,1-4H3/t13?,14-,15-/m1/s1. The van der Waals surface area contributed by atoms with Crippen LogP contribution in [-0.4, -0.2) is 13.7 Å². The highest BCUT2D eigenvalue weighted by Crippen LogP contribution is 2.57. The molecule has 1 fully saturated rings. The van der Waals surface area contributed by atoms with E-state index in [0.29, 0.717) is 10.8 Å². The summed E-state index contributed by atoms with van der Waals surface area (Å²) in [6.45, 7) is 8.16. The molecule has 0 radical (unpaired) electrons. The van der Waals surface area contributed by atoms with Crippen LogP contribution in [0.3, 0.4) is 0 Å². The smallest absolute Gasteiger partial charge is 0.0518 e. The van der Waals surface area contributed by atoms with Crippen LogP contribution in [0, 0.1) is 16.7 Å². The lowest BCUT2D eigenvalue weighted by atomic mass is 9.52. The first-order chi connectivity index (χ1) is 7.50. The fourth-order valence-corrected chi connectivity index (χ4v) is 4.40. The molecule has 0 amide bonds. The normalized spacial score (nSPS) is 43.8. The van der Waals surface area contributed by atoms with Crippen molar-refractivity contribution >= 4 is 0 Å². The van der Waals surface area contributed by atoms with Crippen LogP contribution in [0.5, 0.6) is 0 Å². The number of ether oxygens (including phenoxy) is 1. The van der Waals surface area contributed by atoms with Gasteiger partial charge in [-0.15, -0.1) is 0 Å². The van der Waals surface area contributed by atoms with E-state index < -0.39 is 0 Å². The minimum atomic E-state index is 0.402. The number of hydrogen-bond donors (Lipinski definition) is 0. The molecule has 1 nitrogen and oxygen atoms in total. The zero-order valence-corrected chi connectivity index (χ0v) is 11.3. The zero-order chi connectivity index (χ0) is 11.8. The van der Waals surface area contributed by atoms with Crippen molar-refractivity contribution in [3.05, 3.63) is 11.6 Å². The number of allylic oxidation sites excluding steroid dienone is 2. The highest BCUT2D eigenvalue weighted by atomic mass is 16.5. The molecule has 0 spiro atoms. The van der Waals surface area contributed by atoms with E-state index in [4.69, 9.17) is 4.74 Å². The lowest BCUT2D eigenvalue weighted by Crippen LogP contribution is -2.47. The van der Waals surface area contributed by atoms with Gasteiger partial charge in [0, 0.05) is 7.11 Å². The molecular formula is C15H26O. The van der Waals surface area contributed by atoms with E-state index in [0.717, 1.165) is 12.5 Å². The van der Waals surface area contributed by atoms with Crippen LogP contribution in [-0.2, 0) is 4.74 Å². The maximum Gasteiger partial charge on any atom is 0.0518 e. The van der Waals surface area contributed by atoms with Gasteiger partial charge in [-0.2, -0.15) is 0 Å². The molecule has 16 heavy (non-hydrogen) atoms. The van der Waals surface area contributed by atoms with Crippen molar-refractivity contribution in [3.8, 4) is 0 Å². The quantitative estimate of drug-likeness (QED) is 0.637. The van der Waals surface area contributed by atoms with Gasteiger partial charge < -0.3 is 4.74 Å². The summed E-state index contributed by atoms with van der Waals surface area (Å²) in [5, 5.41) is 0. The van der Waals surface area contributed by atoms with E-state index in [1.807, 2.05) is 7.11 Å². The third-order valence-corrected chi connectivity index (χ3v) is 5.04. The van der Waals surface area contributed by atoms with Crippen LogP contribution in [0.2, 0.25) is 0 Å². The van der Waals surface area contributed by atoms with E-state index in [2.05, 4.69) is 26.8 Å². The predicted molar refractivity (Wildman–Crippen MR) is 68.4 cm³/mol. The van der Waals surface area contributed by atoms with E-state index >= 15 is 0 Å². The summed E-state index contributed by atoms with van der Waals surface area (Å²) in [5.41, 5.74) is 2.53. The second-order valence-corrected chi connectivity index (χ2v) is 6.61. The van der Waals surface area contributed by atoms with Gasteiger partial charge in [0.15, 0.2) is 0 Å².